The van der Waals surface area contributed by atoms with E-state index < -0.39 is 0 Å². The van der Waals surface area contributed by atoms with Crippen molar-refractivity contribution in [2.24, 2.45) is 0 Å². The number of methoxy groups -OCH3 is 1. The minimum absolute atomic E-state index is 0.515. The maximum Gasteiger partial charge on any atom is 0.128 e. The molecule has 0 saturated carbocycles. The van der Waals surface area contributed by atoms with Gasteiger partial charge in [-0.1, -0.05) is 0 Å². The van der Waals surface area contributed by atoms with E-state index >= 15 is 0 Å². The molecule has 5 nitrogen and oxygen atoms in total. The number of hydrogen-bond donors (Lipinski definition) is 1. The zero-order valence-corrected chi connectivity index (χ0v) is 14.5. The normalized spacial score (nSPS) is 19.0. The van der Waals surface area contributed by atoms with E-state index in [1.54, 1.807) is 7.11 Å². The number of pyridine rings is 1. The molecule has 23 heavy (non-hydrogen) atoms. The average molecular weight is 314 g/mol. The third-order valence-corrected chi connectivity index (χ3v) is 4.77. The van der Waals surface area contributed by atoms with Gasteiger partial charge in [-0.05, 0) is 46.2 Å². The van der Waals surface area contributed by atoms with Crippen LogP contribution in [0.15, 0.2) is 12.3 Å². The zero-order valence-electron chi connectivity index (χ0n) is 14.5. The van der Waals surface area contributed by atoms with Crippen molar-refractivity contribution in [3.63, 3.8) is 0 Å². The summed E-state index contributed by atoms with van der Waals surface area (Å²) in [5, 5.41) is 7.51. The third kappa shape index (κ3) is 3.39. The van der Waals surface area contributed by atoms with E-state index in [0.29, 0.717) is 5.92 Å². The lowest BCUT2D eigenvalue weighted by molar-refractivity contribution is 0.196. The Kier molecular flexibility index (Phi) is 4.66. The second-order valence-electron chi connectivity index (χ2n) is 6.60. The van der Waals surface area contributed by atoms with Crippen LogP contribution in [0, 0.1) is 20.8 Å². The largest absolute Gasteiger partial charge is 0.496 e. The van der Waals surface area contributed by atoms with Crippen molar-refractivity contribution in [2.45, 2.75) is 46.1 Å². The lowest BCUT2D eigenvalue weighted by Crippen LogP contribution is -2.34. The zero-order chi connectivity index (χ0) is 16.4. The topological polar surface area (TPSA) is 54.0 Å². The highest BCUT2D eigenvalue weighted by atomic mass is 16.5. The Morgan fingerprint density at radius 1 is 1.35 bits per heavy atom. The van der Waals surface area contributed by atoms with E-state index in [0.717, 1.165) is 47.9 Å². The first-order valence-corrected chi connectivity index (χ1v) is 8.31. The van der Waals surface area contributed by atoms with Gasteiger partial charge in [0.1, 0.15) is 5.75 Å². The minimum atomic E-state index is 0.515. The quantitative estimate of drug-likeness (QED) is 0.942. The molecule has 0 bridgehead atoms. The molecule has 0 amide bonds. The number of aromatic amines is 1. The molecule has 1 fully saturated rings. The lowest BCUT2D eigenvalue weighted by atomic mass is 9.94. The van der Waals surface area contributed by atoms with Crippen LogP contribution in [-0.2, 0) is 6.54 Å². The summed E-state index contributed by atoms with van der Waals surface area (Å²) in [6.07, 6.45) is 4.34. The smallest absolute Gasteiger partial charge is 0.128 e. The molecule has 1 N–H and O–H groups in total. The fourth-order valence-corrected chi connectivity index (χ4v) is 3.53. The molecule has 1 aliphatic heterocycles. The highest BCUT2D eigenvalue weighted by Gasteiger charge is 2.24. The molecule has 2 aromatic heterocycles. The molecule has 5 heteroatoms. The van der Waals surface area contributed by atoms with Gasteiger partial charge in [-0.15, -0.1) is 0 Å². The summed E-state index contributed by atoms with van der Waals surface area (Å²) in [6, 6.07) is 2.17. The summed E-state index contributed by atoms with van der Waals surface area (Å²) in [4.78, 5) is 7.13. The Bertz CT molecular complexity index is 680. The summed E-state index contributed by atoms with van der Waals surface area (Å²) in [7, 11) is 1.73. The maximum atomic E-state index is 5.53. The summed E-state index contributed by atoms with van der Waals surface area (Å²) in [5.41, 5.74) is 5.70. The van der Waals surface area contributed by atoms with Gasteiger partial charge in [-0.3, -0.25) is 15.0 Å². The number of H-pyrrole nitrogens is 1. The molecule has 1 saturated heterocycles. The number of likely N-dealkylation sites (tertiary alicyclic amines) is 1. The average Bonchev–Trinajstić information content (AvgIpc) is 2.98. The van der Waals surface area contributed by atoms with E-state index in [-0.39, 0.29) is 0 Å². The number of piperidine rings is 1. The van der Waals surface area contributed by atoms with Gasteiger partial charge in [-0.25, -0.2) is 0 Å². The number of ether oxygens (including phenoxy) is 1. The second-order valence-corrected chi connectivity index (χ2v) is 6.60. The molecule has 2 aromatic rings. The standard InChI is InChI=1S/C18H26N4O/c1-12-9-19-17(14(3)18(12)23-4)11-22-7-5-6-15(10-22)16-8-13(2)20-21-16/h8-9,15H,5-7,10-11H2,1-4H3,(H,20,21)/t15-/m1/s1. The first-order valence-electron chi connectivity index (χ1n) is 8.31. The van der Waals surface area contributed by atoms with Gasteiger partial charge >= 0.3 is 0 Å². The Balaban J connectivity index is 1.73. The number of aryl methyl sites for hydroxylation is 2. The van der Waals surface area contributed by atoms with E-state index in [4.69, 9.17) is 4.74 Å². The number of aromatic nitrogens is 3. The van der Waals surface area contributed by atoms with Gasteiger partial charge in [-0.2, -0.15) is 5.10 Å². The molecule has 0 spiro atoms. The van der Waals surface area contributed by atoms with Crippen molar-refractivity contribution in [3.8, 4) is 5.75 Å². The van der Waals surface area contributed by atoms with Gasteiger partial charge in [0.2, 0.25) is 0 Å². The van der Waals surface area contributed by atoms with Crippen LogP contribution in [0.2, 0.25) is 0 Å². The van der Waals surface area contributed by atoms with Crippen LogP contribution >= 0.6 is 0 Å². The highest BCUT2D eigenvalue weighted by molar-refractivity contribution is 5.41. The van der Waals surface area contributed by atoms with Gasteiger partial charge in [0.15, 0.2) is 0 Å². The summed E-state index contributed by atoms with van der Waals surface area (Å²) in [5.74, 6) is 1.48. The lowest BCUT2D eigenvalue weighted by Gasteiger charge is -2.32. The third-order valence-electron chi connectivity index (χ3n) is 4.77. The SMILES string of the molecule is COc1c(C)cnc(CN2CCC[C@@H](c3cc(C)[nH]n3)C2)c1C. The van der Waals surface area contributed by atoms with E-state index in [1.807, 2.05) is 13.1 Å². The van der Waals surface area contributed by atoms with Crippen LogP contribution in [0.1, 0.15) is 47.0 Å². The molecule has 0 unspecified atom stereocenters. The monoisotopic (exact) mass is 314 g/mol. The molecule has 3 heterocycles. The Hall–Kier alpha value is -1.88. The summed E-state index contributed by atoms with van der Waals surface area (Å²) < 4.78 is 5.53. The van der Waals surface area contributed by atoms with Crippen molar-refractivity contribution < 1.29 is 4.74 Å². The Morgan fingerprint density at radius 2 is 2.17 bits per heavy atom. The van der Waals surface area contributed by atoms with Crippen LogP contribution in [0.5, 0.6) is 5.75 Å². The van der Waals surface area contributed by atoms with Gasteiger partial charge in [0, 0.05) is 42.0 Å². The fraction of sp³-hybridized carbons (Fsp3) is 0.556. The first-order chi connectivity index (χ1) is 11.1. The molecular weight excluding hydrogens is 288 g/mol. The molecule has 1 aliphatic rings. The van der Waals surface area contributed by atoms with E-state index in [1.165, 1.54) is 18.5 Å². The molecule has 0 radical (unpaired) electrons. The van der Waals surface area contributed by atoms with Crippen LogP contribution in [0.3, 0.4) is 0 Å². The van der Waals surface area contributed by atoms with Gasteiger partial charge in [0.25, 0.3) is 0 Å². The van der Waals surface area contributed by atoms with Crippen LogP contribution in [-0.4, -0.2) is 40.3 Å². The van der Waals surface area contributed by atoms with Gasteiger partial charge in [0.05, 0.1) is 18.5 Å². The second kappa shape index (κ2) is 6.71. The molecule has 3 rings (SSSR count). The van der Waals surface area contributed by atoms with Crippen molar-refractivity contribution in [1.82, 2.24) is 20.1 Å². The van der Waals surface area contributed by atoms with Crippen LogP contribution in [0.25, 0.3) is 0 Å². The Labute approximate surface area is 138 Å². The van der Waals surface area contributed by atoms with Crippen LogP contribution in [0.4, 0.5) is 0 Å². The highest BCUT2D eigenvalue weighted by Crippen LogP contribution is 2.29. The molecule has 124 valence electrons. The summed E-state index contributed by atoms with van der Waals surface area (Å²) >= 11 is 0. The van der Waals surface area contributed by atoms with Crippen molar-refractivity contribution >= 4 is 0 Å². The van der Waals surface area contributed by atoms with Crippen molar-refractivity contribution in [3.05, 3.63) is 40.5 Å². The fourth-order valence-electron chi connectivity index (χ4n) is 3.53. The van der Waals surface area contributed by atoms with Crippen molar-refractivity contribution in [1.29, 1.82) is 0 Å². The molecule has 0 aliphatic carbocycles. The maximum absolute atomic E-state index is 5.53. The first kappa shape index (κ1) is 16.0. The summed E-state index contributed by atoms with van der Waals surface area (Å²) in [6.45, 7) is 9.25. The number of rotatable bonds is 4. The van der Waals surface area contributed by atoms with Crippen molar-refractivity contribution in [2.75, 3.05) is 20.2 Å². The molecule has 1 atom stereocenters. The van der Waals surface area contributed by atoms with E-state index in [2.05, 4.69) is 40.0 Å². The Morgan fingerprint density at radius 3 is 2.87 bits per heavy atom. The number of nitrogens with zero attached hydrogens (tertiary/aromatic N) is 3. The minimum Gasteiger partial charge on any atom is -0.496 e. The van der Waals surface area contributed by atoms with E-state index in [9.17, 15) is 0 Å². The van der Waals surface area contributed by atoms with Gasteiger partial charge < -0.3 is 4.74 Å². The molecular formula is C18H26N4O. The number of nitrogens with one attached hydrogen (secondary N) is 1. The number of hydrogen-bond acceptors (Lipinski definition) is 4. The predicted molar refractivity (Wildman–Crippen MR) is 90.8 cm³/mol. The molecule has 0 aromatic carbocycles. The predicted octanol–water partition coefficient (Wildman–Crippen LogP) is 3.12. The van der Waals surface area contributed by atoms with Crippen LogP contribution < -0.4 is 4.74 Å².